The summed E-state index contributed by atoms with van der Waals surface area (Å²) in [6.45, 7) is 0. The number of phenolic OH excluding ortho intramolecular Hbond substituents is 2. The number of nitrogens with zero attached hydrogens (tertiary/aromatic N) is 3. The van der Waals surface area contributed by atoms with Crippen LogP contribution in [0.5, 0.6) is 11.5 Å². The molecule has 6 heteroatoms. The Morgan fingerprint density at radius 1 is 1.08 bits per heavy atom. The van der Waals surface area contributed by atoms with Crippen molar-refractivity contribution in [1.82, 2.24) is 14.8 Å². The van der Waals surface area contributed by atoms with Gasteiger partial charge in [-0.3, -0.25) is 4.57 Å². The molecule has 2 N–H and O–H groups in total. The summed E-state index contributed by atoms with van der Waals surface area (Å²) in [5, 5.41) is 28.6. The highest BCUT2D eigenvalue weighted by atomic mass is 32.1. The Bertz CT molecular complexity index is 907. The fourth-order valence-corrected chi connectivity index (χ4v) is 3.74. The zero-order valence-electron chi connectivity index (χ0n) is 12.9. The van der Waals surface area contributed by atoms with Crippen LogP contribution in [0.1, 0.15) is 30.0 Å². The van der Waals surface area contributed by atoms with Gasteiger partial charge in [-0.2, -0.15) is 0 Å². The van der Waals surface area contributed by atoms with Crippen LogP contribution in [0, 0.1) is 0 Å². The summed E-state index contributed by atoms with van der Waals surface area (Å²) in [6, 6.07) is 12.9. The van der Waals surface area contributed by atoms with Crippen molar-refractivity contribution in [3.63, 3.8) is 0 Å². The Labute approximate surface area is 145 Å². The predicted octanol–water partition coefficient (Wildman–Crippen LogP) is 3.57. The molecule has 1 aromatic heterocycles. The van der Waals surface area contributed by atoms with Gasteiger partial charge in [0.2, 0.25) is 0 Å². The molecule has 0 bridgehead atoms. The van der Waals surface area contributed by atoms with Crippen molar-refractivity contribution >= 4 is 12.6 Å². The maximum absolute atomic E-state index is 10.2. The van der Waals surface area contributed by atoms with Gasteiger partial charge in [0.15, 0.2) is 11.0 Å². The first-order valence-electron chi connectivity index (χ1n) is 7.89. The van der Waals surface area contributed by atoms with Crippen molar-refractivity contribution in [2.24, 2.45) is 0 Å². The monoisotopic (exact) mass is 339 g/mol. The van der Waals surface area contributed by atoms with E-state index in [4.69, 9.17) is 0 Å². The average Bonchev–Trinajstić information content (AvgIpc) is 2.95. The molecule has 2 aromatic carbocycles. The van der Waals surface area contributed by atoms with E-state index in [1.165, 1.54) is 23.3 Å². The van der Waals surface area contributed by atoms with Gasteiger partial charge in [0.05, 0.1) is 11.6 Å². The van der Waals surface area contributed by atoms with Crippen LogP contribution in [-0.2, 0) is 6.42 Å². The third kappa shape index (κ3) is 2.43. The Hall–Kier alpha value is -2.47. The molecule has 4 rings (SSSR count). The van der Waals surface area contributed by atoms with Gasteiger partial charge in [0.1, 0.15) is 11.5 Å². The fraction of sp³-hybridized carbons (Fsp3) is 0.222. The van der Waals surface area contributed by atoms with Gasteiger partial charge in [-0.05, 0) is 42.5 Å². The lowest BCUT2D eigenvalue weighted by atomic mass is 9.87. The summed E-state index contributed by atoms with van der Waals surface area (Å²) in [6.07, 6.45) is 3.11. The van der Waals surface area contributed by atoms with Crippen LogP contribution in [0.3, 0.4) is 0 Å². The van der Waals surface area contributed by atoms with Crippen molar-refractivity contribution in [3.05, 3.63) is 53.6 Å². The van der Waals surface area contributed by atoms with Crippen LogP contribution in [-0.4, -0.2) is 25.0 Å². The van der Waals surface area contributed by atoms with Crippen LogP contribution >= 0.6 is 12.6 Å². The van der Waals surface area contributed by atoms with Crippen molar-refractivity contribution in [3.8, 4) is 22.9 Å². The molecule has 1 aliphatic rings. The van der Waals surface area contributed by atoms with E-state index in [2.05, 4.69) is 41.0 Å². The smallest absolute Gasteiger partial charge is 0.188 e. The largest absolute Gasteiger partial charge is 0.508 e. The summed E-state index contributed by atoms with van der Waals surface area (Å²) in [5.41, 5.74) is 3.11. The number of benzene rings is 2. The van der Waals surface area contributed by atoms with Crippen LogP contribution in [0.4, 0.5) is 0 Å². The van der Waals surface area contributed by atoms with Gasteiger partial charge in [0, 0.05) is 6.07 Å². The maximum Gasteiger partial charge on any atom is 0.188 e. The van der Waals surface area contributed by atoms with Gasteiger partial charge in [-0.15, -0.1) is 22.8 Å². The van der Waals surface area contributed by atoms with Gasteiger partial charge < -0.3 is 10.2 Å². The molecule has 0 saturated heterocycles. The van der Waals surface area contributed by atoms with E-state index in [1.54, 1.807) is 6.07 Å². The number of aromatic hydroxyl groups is 2. The summed E-state index contributed by atoms with van der Waals surface area (Å²) < 4.78 is 1.97. The van der Waals surface area contributed by atoms with Crippen molar-refractivity contribution in [1.29, 1.82) is 0 Å². The molecule has 24 heavy (non-hydrogen) atoms. The molecule has 0 saturated carbocycles. The SMILES string of the molecule is Oc1ccc(-c2nnc(S)n2C2CCCc3ccccc32)c(O)c1. The number of rotatable bonds is 2. The number of thiol groups is 1. The number of aromatic nitrogens is 3. The Morgan fingerprint density at radius 3 is 2.75 bits per heavy atom. The lowest BCUT2D eigenvalue weighted by Gasteiger charge is -2.28. The summed E-state index contributed by atoms with van der Waals surface area (Å²) >= 11 is 4.48. The van der Waals surface area contributed by atoms with E-state index >= 15 is 0 Å². The molecule has 3 aromatic rings. The Morgan fingerprint density at radius 2 is 1.92 bits per heavy atom. The number of fused-ring (bicyclic) bond motifs is 1. The first kappa shape index (κ1) is 15.1. The molecule has 1 heterocycles. The molecule has 0 aliphatic heterocycles. The van der Waals surface area contributed by atoms with Crippen molar-refractivity contribution < 1.29 is 10.2 Å². The molecule has 1 aliphatic carbocycles. The number of hydrogen-bond acceptors (Lipinski definition) is 5. The third-order valence-corrected chi connectivity index (χ3v) is 4.85. The standard InChI is InChI=1S/C18H17N3O2S/c22-12-8-9-14(16(23)10-12)17-19-20-18(24)21(17)15-7-3-5-11-4-1-2-6-13(11)15/h1-2,4,6,8-10,15,22-23H,3,5,7H2,(H,20,24). The number of phenols is 2. The summed E-state index contributed by atoms with van der Waals surface area (Å²) in [7, 11) is 0. The molecular weight excluding hydrogens is 322 g/mol. The third-order valence-electron chi connectivity index (χ3n) is 4.55. The molecule has 1 atom stereocenters. The van der Waals surface area contributed by atoms with Gasteiger partial charge in [-0.25, -0.2) is 0 Å². The number of aryl methyl sites for hydroxylation is 1. The second-order valence-corrected chi connectivity index (χ2v) is 6.40. The molecule has 0 fully saturated rings. The van der Waals surface area contributed by atoms with E-state index in [1.807, 2.05) is 10.6 Å². The molecule has 0 amide bonds. The molecule has 0 radical (unpaired) electrons. The van der Waals surface area contributed by atoms with Crippen LogP contribution in [0.2, 0.25) is 0 Å². The van der Waals surface area contributed by atoms with E-state index in [0.29, 0.717) is 16.5 Å². The van der Waals surface area contributed by atoms with Gasteiger partial charge in [0.25, 0.3) is 0 Å². The van der Waals surface area contributed by atoms with Crippen molar-refractivity contribution in [2.75, 3.05) is 0 Å². The number of hydrogen-bond donors (Lipinski definition) is 3. The van der Waals surface area contributed by atoms with E-state index in [0.717, 1.165) is 19.3 Å². The highest BCUT2D eigenvalue weighted by Crippen LogP contribution is 2.39. The zero-order chi connectivity index (χ0) is 16.7. The van der Waals surface area contributed by atoms with Crippen LogP contribution < -0.4 is 0 Å². The zero-order valence-corrected chi connectivity index (χ0v) is 13.8. The van der Waals surface area contributed by atoms with E-state index in [-0.39, 0.29) is 17.5 Å². The van der Waals surface area contributed by atoms with Gasteiger partial charge in [-0.1, -0.05) is 24.3 Å². The average molecular weight is 339 g/mol. The summed E-state index contributed by atoms with van der Waals surface area (Å²) in [4.78, 5) is 0. The van der Waals surface area contributed by atoms with E-state index in [9.17, 15) is 10.2 Å². The Kier molecular flexibility index (Phi) is 3.69. The lowest BCUT2D eigenvalue weighted by molar-refractivity contribution is 0.448. The minimum atomic E-state index is -0.0268. The Balaban J connectivity index is 1.88. The molecule has 0 spiro atoms. The van der Waals surface area contributed by atoms with Crippen molar-refractivity contribution in [2.45, 2.75) is 30.5 Å². The summed E-state index contributed by atoms with van der Waals surface area (Å²) in [5.74, 6) is 0.539. The second-order valence-electron chi connectivity index (χ2n) is 6.00. The highest BCUT2D eigenvalue weighted by Gasteiger charge is 2.27. The van der Waals surface area contributed by atoms with Gasteiger partial charge >= 0.3 is 0 Å². The molecule has 5 nitrogen and oxygen atoms in total. The van der Waals surface area contributed by atoms with Crippen LogP contribution in [0.15, 0.2) is 47.6 Å². The predicted molar refractivity (Wildman–Crippen MR) is 93.6 cm³/mol. The molecule has 1 unspecified atom stereocenters. The minimum Gasteiger partial charge on any atom is -0.508 e. The fourth-order valence-electron chi connectivity index (χ4n) is 3.46. The topological polar surface area (TPSA) is 71.2 Å². The first-order valence-corrected chi connectivity index (χ1v) is 8.34. The molecule has 122 valence electrons. The van der Waals surface area contributed by atoms with Crippen LogP contribution in [0.25, 0.3) is 11.4 Å². The normalized spacial score (nSPS) is 16.8. The maximum atomic E-state index is 10.2. The second kappa shape index (κ2) is 5.87. The minimum absolute atomic E-state index is 0.0106. The molecular formula is C18H17N3O2S. The first-order chi connectivity index (χ1) is 11.6. The van der Waals surface area contributed by atoms with E-state index < -0.39 is 0 Å². The quantitative estimate of drug-likeness (QED) is 0.624. The highest BCUT2D eigenvalue weighted by molar-refractivity contribution is 7.80. The lowest BCUT2D eigenvalue weighted by Crippen LogP contribution is -2.18.